The van der Waals surface area contributed by atoms with Gasteiger partial charge in [-0.05, 0) is 18.6 Å². The zero-order valence-electron chi connectivity index (χ0n) is 11.7. The molecule has 5 nitrogen and oxygen atoms in total. The molecule has 1 amide bonds. The van der Waals surface area contributed by atoms with Crippen LogP contribution in [0.5, 0.6) is 5.75 Å². The molecule has 5 heteroatoms. The van der Waals surface area contributed by atoms with Gasteiger partial charge in [-0.15, -0.1) is 0 Å². The molecule has 106 valence electrons. The fraction of sp³-hybridized carbons (Fsp3) is 0.500. The van der Waals surface area contributed by atoms with Crippen molar-refractivity contribution < 1.29 is 14.3 Å². The molecule has 1 aromatic carbocycles. The number of ether oxygens (including phenoxy) is 2. The van der Waals surface area contributed by atoms with E-state index in [1.807, 2.05) is 0 Å². The van der Waals surface area contributed by atoms with E-state index in [9.17, 15) is 4.79 Å². The van der Waals surface area contributed by atoms with E-state index in [1.54, 1.807) is 25.3 Å². The van der Waals surface area contributed by atoms with E-state index < -0.39 is 0 Å². The van der Waals surface area contributed by atoms with Crippen molar-refractivity contribution in [1.29, 1.82) is 0 Å². The van der Waals surface area contributed by atoms with E-state index in [0.29, 0.717) is 23.6 Å². The highest BCUT2D eigenvalue weighted by molar-refractivity contribution is 5.97. The molecule has 0 fully saturated rings. The number of anilines is 1. The minimum absolute atomic E-state index is 0.00441. The largest absolute Gasteiger partial charge is 0.496 e. The third-order valence-corrected chi connectivity index (χ3v) is 2.81. The lowest BCUT2D eigenvalue weighted by molar-refractivity contribution is 0.0888. The van der Waals surface area contributed by atoms with Gasteiger partial charge in [-0.25, -0.2) is 0 Å². The van der Waals surface area contributed by atoms with Crippen LogP contribution in [0.4, 0.5) is 5.69 Å². The van der Waals surface area contributed by atoms with Crippen LogP contribution < -0.4 is 15.8 Å². The quantitative estimate of drug-likeness (QED) is 0.738. The first-order valence-corrected chi connectivity index (χ1v) is 6.35. The van der Waals surface area contributed by atoms with Crippen LogP contribution in [0, 0.1) is 0 Å². The van der Waals surface area contributed by atoms with Crippen LogP contribution in [0.25, 0.3) is 0 Å². The molecule has 1 aromatic rings. The van der Waals surface area contributed by atoms with Crippen LogP contribution in [-0.4, -0.2) is 32.8 Å². The standard InChI is InChI=1S/C14H22N2O3/c1-4-5-11(9-18-2)16-14(17)12-7-6-10(15)8-13(12)19-3/h6-8,11H,4-5,9,15H2,1-3H3,(H,16,17). The summed E-state index contributed by atoms with van der Waals surface area (Å²) in [6.45, 7) is 2.56. The molecular weight excluding hydrogens is 244 g/mol. The minimum Gasteiger partial charge on any atom is -0.496 e. The van der Waals surface area contributed by atoms with E-state index in [-0.39, 0.29) is 11.9 Å². The molecule has 0 aliphatic carbocycles. The van der Waals surface area contributed by atoms with E-state index in [2.05, 4.69) is 12.2 Å². The molecule has 0 saturated carbocycles. The SMILES string of the molecule is CCCC(COC)NC(=O)c1ccc(N)cc1OC. The summed E-state index contributed by atoms with van der Waals surface area (Å²) in [5.41, 5.74) is 6.71. The number of nitrogens with one attached hydrogen (secondary N) is 1. The molecule has 0 spiro atoms. The Morgan fingerprint density at radius 3 is 2.74 bits per heavy atom. The maximum absolute atomic E-state index is 12.2. The third-order valence-electron chi connectivity index (χ3n) is 2.81. The summed E-state index contributed by atoms with van der Waals surface area (Å²) in [5.74, 6) is 0.303. The van der Waals surface area contributed by atoms with Crippen molar-refractivity contribution in [3.05, 3.63) is 23.8 Å². The molecular formula is C14H22N2O3. The van der Waals surface area contributed by atoms with E-state index in [0.717, 1.165) is 12.8 Å². The lowest BCUT2D eigenvalue weighted by atomic mass is 10.1. The highest BCUT2D eigenvalue weighted by atomic mass is 16.5. The summed E-state index contributed by atoms with van der Waals surface area (Å²) in [6.07, 6.45) is 1.85. The summed E-state index contributed by atoms with van der Waals surface area (Å²) in [6, 6.07) is 4.99. The van der Waals surface area contributed by atoms with E-state index in [4.69, 9.17) is 15.2 Å². The zero-order valence-corrected chi connectivity index (χ0v) is 11.7. The maximum atomic E-state index is 12.2. The summed E-state index contributed by atoms with van der Waals surface area (Å²) in [5, 5.41) is 2.94. The van der Waals surface area contributed by atoms with Crippen molar-refractivity contribution in [2.45, 2.75) is 25.8 Å². The maximum Gasteiger partial charge on any atom is 0.255 e. The molecule has 0 saturated heterocycles. The fourth-order valence-corrected chi connectivity index (χ4v) is 1.91. The number of carbonyl (C=O) groups is 1. The molecule has 0 aliphatic heterocycles. The average molecular weight is 266 g/mol. The Kier molecular flexibility index (Phi) is 6.15. The van der Waals surface area contributed by atoms with Gasteiger partial charge in [0.1, 0.15) is 5.75 Å². The number of nitrogen functional groups attached to an aromatic ring is 1. The predicted octanol–water partition coefficient (Wildman–Crippen LogP) is 1.82. The van der Waals surface area contributed by atoms with Gasteiger partial charge in [0.15, 0.2) is 0 Å². The molecule has 0 aliphatic rings. The van der Waals surface area contributed by atoms with E-state index >= 15 is 0 Å². The fourth-order valence-electron chi connectivity index (χ4n) is 1.91. The van der Waals surface area contributed by atoms with Crippen LogP contribution in [-0.2, 0) is 4.74 Å². The molecule has 1 atom stereocenters. The van der Waals surface area contributed by atoms with Gasteiger partial charge in [0.2, 0.25) is 0 Å². The van der Waals surface area contributed by atoms with Crippen molar-refractivity contribution in [3.8, 4) is 5.75 Å². The average Bonchev–Trinajstić information content (AvgIpc) is 2.38. The van der Waals surface area contributed by atoms with Crippen LogP contribution in [0.2, 0.25) is 0 Å². The van der Waals surface area contributed by atoms with Gasteiger partial charge in [0, 0.05) is 18.9 Å². The summed E-state index contributed by atoms with van der Waals surface area (Å²) < 4.78 is 10.3. The first-order chi connectivity index (χ1) is 9.12. The topological polar surface area (TPSA) is 73.6 Å². The first-order valence-electron chi connectivity index (χ1n) is 6.35. The second-order valence-corrected chi connectivity index (χ2v) is 4.37. The second kappa shape index (κ2) is 7.63. The third kappa shape index (κ3) is 4.44. The van der Waals surface area contributed by atoms with Crippen molar-refractivity contribution in [3.63, 3.8) is 0 Å². The number of carbonyl (C=O) groups excluding carboxylic acids is 1. The minimum atomic E-state index is -0.174. The van der Waals surface area contributed by atoms with Crippen molar-refractivity contribution in [2.24, 2.45) is 0 Å². The van der Waals surface area contributed by atoms with Gasteiger partial charge in [-0.1, -0.05) is 13.3 Å². The summed E-state index contributed by atoms with van der Waals surface area (Å²) in [7, 11) is 3.14. The van der Waals surface area contributed by atoms with E-state index in [1.165, 1.54) is 7.11 Å². The Bertz CT molecular complexity index is 415. The normalized spacial score (nSPS) is 11.9. The first kappa shape index (κ1) is 15.3. The Morgan fingerprint density at radius 2 is 2.16 bits per heavy atom. The van der Waals surface area contributed by atoms with Gasteiger partial charge in [-0.3, -0.25) is 4.79 Å². The molecule has 0 radical (unpaired) electrons. The van der Waals surface area contributed by atoms with Crippen molar-refractivity contribution in [2.75, 3.05) is 26.6 Å². The van der Waals surface area contributed by atoms with Gasteiger partial charge in [-0.2, -0.15) is 0 Å². The molecule has 1 rings (SSSR count). The Hall–Kier alpha value is -1.75. The smallest absolute Gasteiger partial charge is 0.255 e. The predicted molar refractivity (Wildman–Crippen MR) is 75.4 cm³/mol. The van der Waals surface area contributed by atoms with Gasteiger partial charge >= 0.3 is 0 Å². The van der Waals surface area contributed by atoms with Crippen LogP contribution in [0.15, 0.2) is 18.2 Å². The van der Waals surface area contributed by atoms with Crippen molar-refractivity contribution >= 4 is 11.6 Å². The number of hydrogen-bond acceptors (Lipinski definition) is 4. The van der Waals surface area contributed by atoms with Gasteiger partial charge in [0.25, 0.3) is 5.91 Å². The molecule has 19 heavy (non-hydrogen) atoms. The second-order valence-electron chi connectivity index (χ2n) is 4.37. The highest BCUT2D eigenvalue weighted by Crippen LogP contribution is 2.21. The Morgan fingerprint density at radius 1 is 1.42 bits per heavy atom. The van der Waals surface area contributed by atoms with Crippen LogP contribution in [0.3, 0.4) is 0 Å². The molecule has 0 aromatic heterocycles. The zero-order chi connectivity index (χ0) is 14.3. The summed E-state index contributed by atoms with van der Waals surface area (Å²) >= 11 is 0. The summed E-state index contributed by atoms with van der Waals surface area (Å²) in [4.78, 5) is 12.2. The Labute approximate surface area is 114 Å². The number of methoxy groups -OCH3 is 2. The molecule has 0 bridgehead atoms. The molecule has 0 heterocycles. The highest BCUT2D eigenvalue weighted by Gasteiger charge is 2.16. The van der Waals surface area contributed by atoms with Gasteiger partial charge < -0.3 is 20.5 Å². The number of nitrogens with two attached hydrogens (primary N) is 1. The lowest BCUT2D eigenvalue weighted by Gasteiger charge is -2.18. The number of amides is 1. The van der Waals surface area contributed by atoms with Crippen molar-refractivity contribution in [1.82, 2.24) is 5.32 Å². The Balaban J connectivity index is 2.81. The van der Waals surface area contributed by atoms with Crippen LogP contribution >= 0.6 is 0 Å². The number of rotatable bonds is 7. The molecule has 3 N–H and O–H groups in total. The lowest BCUT2D eigenvalue weighted by Crippen LogP contribution is -2.38. The monoisotopic (exact) mass is 266 g/mol. The molecule has 1 unspecified atom stereocenters. The van der Waals surface area contributed by atoms with Gasteiger partial charge in [0.05, 0.1) is 25.3 Å². The number of benzene rings is 1. The van der Waals surface area contributed by atoms with Crippen LogP contribution in [0.1, 0.15) is 30.1 Å². The number of hydrogen-bond donors (Lipinski definition) is 2.